The van der Waals surface area contributed by atoms with Crippen LogP contribution in [0.15, 0.2) is 54.6 Å². The highest BCUT2D eigenvalue weighted by atomic mass is 16.2. The molecule has 0 aromatic heterocycles. The van der Waals surface area contributed by atoms with Gasteiger partial charge in [0.25, 0.3) is 11.8 Å². The maximum atomic E-state index is 12.3. The van der Waals surface area contributed by atoms with E-state index in [0.717, 1.165) is 48.8 Å². The fourth-order valence-electron chi connectivity index (χ4n) is 4.44. The topological polar surface area (TPSA) is 72.2 Å². The van der Waals surface area contributed by atoms with E-state index in [1.54, 1.807) is 0 Å². The summed E-state index contributed by atoms with van der Waals surface area (Å²) < 4.78 is 0. The zero-order chi connectivity index (χ0) is 17.6. The molecular formula is C22H12N2O2. The molecule has 1 aliphatic rings. The third-order valence-electron chi connectivity index (χ3n) is 5.53. The van der Waals surface area contributed by atoms with Gasteiger partial charge >= 0.3 is 0 Å². The van der Waals surface area contributed by atoms with Crippen molar-refractivity contribution in [3.8, 4) is 0 Å². The summed E-state index contributed by atoms with van der Waals surface area (Å²) in [7, 11) is 0. The molecule has 4 nitrogen and oxygen atoms in total. The van der Waals surface area contributed by atoms with Crippen molar-refractivity contribution in [2.75, 3.05) is 5.73 Å². The first-order chi connectivity index (χ1) is 12.6. The Morgan fingerprint density at radius 2 is 1.12 bits per heavy atom. The first kappa shape index (κ1) is 13.6. The van der Waals surface area contributed by atoms with Crippen LogP contribution in [0.4, 0.5) is 5.69 Å². The first-order valence-corrected chi connectivity index (χ1v) is 8.42. The third kappa shape index (κ3) is 1.41. The van der Waals surface area contributed by atoms with Crippen LogP contribution in [0.1, 0.15) is 20.7 Å². The summed E-state index contributed by atoms with van der Waals surface area (Å²) in [6.07, 6.45) is 0. The van der Waals surface area contributed by atoms with Crippen LogP contribution in [0, 0.1) is 0 Å². The van der Waals surface area contributed by atoms with E-state index in [4.69, 9.17) is 5.73 Å². The predicted octanol–water partition coefficient (Wildman–Crippen LogP) is 4.20. The van der Waals surface area contributed by atoms with Gasteiger partial charge in [0.1, 0.15) is 0 Å². The molecule has 2 amide bonds. The zero-order valence-corrected chi connectivity index (χ0v) is 13.6. The number of rotatable bonds is 0. The van der Waals surface area contributed by atoms with Gasteiger partial charge in [0, 0.05) is 27.6 Å². The highest BCUT2D eigenvalue weighted by molar-refractivity contribution is 6.38. The smallest absolute Gasteiger partial charge is 0.258 e. The summed E-state index contributed by atoms with van der Waals surface area (Å²) in [5.74, 6) is -0.681. The molecule has 122 valence electrons. The van der Waals surface area contributed by atoms with Gasteiger partial charge in [0.15, 0.2) is 0 Å². The van der Waals surface area contributed by atoms with Gasteiger partial charge in [-0.25, -0.2) is 0 Å². The van der Waals surface area contributed by atoms with E-state index in [1.807, 2.05) is 48.5 Å². The molecule has 5 aromatic carbocycles. The Morgan fingerprint density at radius 3 is 1.81 bits per heavy atom. The zero-order valence-electron chi connectivity index (χ0n) is 13.6. The van der Waals surface area contributed by atoms with Crippen molar-refractivity contribution < 1.29 is 9.59 Å². The Labute approximate surface area is 147 Å². The van der Waals surface area contributed by atoms with Gasteiger partial charge in [0.05, 0.1) is 0 Å². The van der Waals surface area contributed by atoms with E-state index in [0.29, 0.717) is 11.1 Å². The first-order valence-electron chi connectivity index (χ1n) is 8.42. The number of carbonyl (C=O) groups excluding carboxylic acids is 2. The minimum atomic E-state index is -0.340. The van der Waals surface area contributed by atoms with Crippen LogP contribution < -0.4 is 11.1 Å². The number of nitrogens with two attached hydrogens (primary N) is 1. The largest absolute Gasteiger partial charge is 0.398 e. The van der Waals surface area contributed by atoms with Crippen LogP contribution in [-0.2, 0) is 0 Å². The number of nitrogen functional groups attached to an aromatic ring is 1. The summed E-state index contributed by atoms with van der Waals surface area (Å²) in [4.78, 5) is 24.7. The molecule has 0 spiro atoms. The number of amides is 2. The second kappa shape index (κ2) is 4.29. The lowest BCUT2D eigenvalue weighted by atomic mass is 9.85. The van der Waals surface area contributed by atoms with Crippen molar-refractivity contribution in [3.63, 3.8) is 0 Å². The molecule has 0 saturated heterocycles. The SMILES string of the molecule is Nc1ccc2c3ccc4c5c(ccc(c6cccc1c62)c53)C(=O)NC4=O. The molecule has 0 saturated carbocycles. The molecule has 26 heavy (non-hydrogen) atoms. The molecule has 4 heteroatoms. The van der Waals surface area contributed by atoms with Gasteiger partial charge in [-0.3, -0.25) is 14.9 Å². The van der Waals surface area contributed by atoms with Gasteiger partial charge < -0.3 is 5.73 Å². The second-order valence-electron chi connectivity index (χ2n) is 6.79. The minimum Gasteiger partial charge on any atom is -0.398 e. The second-order valence-corrected chi connectivity index (χ2v) is 6.79. The van der Waals surface area contributed by atoms with Crippen LogP contribution in [0.2, 0.25) is 0 Å². The fourth-order valence-corrected chi connectivity index (χ4v) is 4.44. The number of nitrogens with one attached hydrogen (secondary N) is 1. The predicted molar refractivity (Wildman–Crippen MR) is 104 cm³/mol. The number of hydrogen-bond acceptors (Lipinski definition) is 3. The van der Waals surface area contributed by atoms with E-state index < -0.39 is 0 Å². The van der Waals surface area contributed by atoms with Gasteiger partial charge in [-0.2, -0.15) is 0 Å². The van der Waals surface area contributed by atoms with Crippen LogP contribution in [0.5, 0.6) is 0 Å². The molecule has 0 fully saturated rings. The average Bonchev–Trinajstić information content (AvgIpc) is 2.66. The van der Waals surface area contributed by atoms with Crippen molar-refractivity contribution in [2.24, 2.45) is 0 Å². The molecule has 5 aromatic rings. The monoisotopic (exact) mass is 336 g/mol. The standard InChI is InChI=1S/C22H12N2O2/c23-17-9-8-11-13-5-7-16-20-15(21(25)24-22(16)26)6-4-12(19(13)20)10-2-1-3-14(17)18(10)11/h1-9H,23H2,(H,24,25,26). The van der Waals surface area contributed by atoms with Gasteiger partial charge in [0.2, 0.25) is 0 Å². The lowest BCUT2D eigenvalue weighted by molar-refractivity contribution is 0.0845. The Morgan fingerprint density at radius 1 is 0.577 bits per heavy atom. The number of benzene rings is 5. The highest BCUT2D eigenvalue weighted by Crippen LogP contribution is 2.43. The molecular weight excluding hydrogens is 324 g/mol. The maximum absolute atomic E-state index is 12.3. The fraction of sp³-hybridized carbons (Fsp3) is 0. The van der Waals surface area contributed by atoms with Crippen molar-refractivity contribution >= 4 is 60.6 Å². The lowest BCUT2D eigenvalue weighted by Crippen LogP contribution is -2.34. The van der Waals surface area contributed by atoms with Crippen LogP contribution in [0.25, 0.3) is 43.1 Å². The van der Waals surface area contributed by atoms with E-state index in [2.05, 4.69) is 11.4 Å². The molecule has 3 N–H and O–H groups in total. The van der Waals surface area contributed by atoms with Gasteiger partial charge in [-0.05, 0) is 50.5 Å². The summed E-state index contributed by atoms with van der Waals surface area (Å²) in [6, 6.07) is 17.6. The van der Waals surface area contributed by atoms with Crippen molar-refractivity contribution in [2.45, 2.75) is 0 Å². The highest BCUT2D eigenvalue weighted by Gasteiger charge is 2.27. The van der Waals surface area contributed by atoms with Gasteiger partial charge in [-0.1, -0.05) is 36.4 Å². The summed E-state index contributed by atoms with van der Waals surface area (Å²) in [5.41, 5.74) is 8.05. The van der Waals surface area contributed by atoms with Crippen LogP contribution in [-0.4, -0.2) is 11.8 Å². The third-order valence-corrected chi connectivity index (χ3v) is 5.53. The lowest BCUT2D eigenvalue weighted by Gasteiger charge is -2.21. The summed E-state index contributed by atoms with van der Waals surface area (Å²) in [6.45, 7) is 0. The van der Waals surface area contributed by atoms with E-state index in [1.165, 1.54) is 0 Å². The number of fused-ring (bicyclic) bond motifs is 2. The Balaban J connectivity index is 2.02. The maximum Gasteiger partial charge on any atom is 0.258 e. The molecule has 0 atom stereocenters. The molecule has 0 unspecified atom stereocenters. The Kier molecular flexibility index (Phi) is 2.25. The van der Waals surface area contributed by atoms with Crippen molar-refractivity contribution in [3.05, 3.63) is 65.7 Å². The van der Waals surface area contributed by atoms with Crippen molar-refractivity contribution in [1.82, 2.24) is 5.32 Å². The quantitative estimate of drug-likeness (QED) is 0.193. The van der Waals surface area contributed by atoms with Crippen LogP contribution >= 0.6 is 0 Å². The van der Waals surface area contributed by atoms with Gasteiger partial charge in [-0.15, -0.1) is 0 Å². The van der Waals surface area contributed by atoms with E-state index in [9.17, 15) is 9.59 Å². The van der Waals surface area contributed by atoms with E-state index in [-0.39, 0.29) is 11.8 Å². The molecule has 6 rings (SSSR count). The van der Waals surface area contributed by atoms with E-state index >= 15 is 0 Å². The average molecular weight is 336 g/mol. The number of hydrogen-bond donors (Lipinski definition) is 2. The molecule has 0 aliphatic carbocycles. The van der Waals surface area contributed by atoms with Crippen molar-refractivity contribution in [1.29, 1.82) is 0 Å². The Bertz CT molecular complexity index is 1380. The van der Waals surface area contributed by atoms with Crippen LogP contribution in [0.3, 0.4) is 0 Å². The molecule has 0 bridgehead atoms. The number of anilines is 1. The molecule has 1 heterocycles. The summed E-state index contributed by atoms with van der Waals surface area (Å²) >= 11 is 0. The summed E-state index contributed by atoms with van der Waals surface area (Å²) in [5, 5.41) is 10.5. The Hall–Kier alpha value is -3.66. The normalized spacial score (nSPS) is 14.0. The number of carbonyl (C=O) groups is 2. The molecule has 1 aliphatic heterocycles. The minimum absolute atomic E-state index is 0.340. The molecule has 0 radical (unpaired) electrons. The number of imide groups is 1.